The van der Waals surface area contributed by atoms with E-state index in [0.717, 1.165) is 13.2 Å². The zero-order valence-electron chi connectivity index (χ0n) is 12.2. The standard InChI is InChI=1S/C9H17NO4.C4H8O/c1-5-6(7(11)12)10-8(13)14-9(2,3)4;1-2-4-5-3-1/h6H,5H2,1-4H3,(H,10,13)(H,11,12);1-4H2/t6-;/m0./s1. The van der Waals surface area contributed by atoms with Crippen molar-refractivity contribution < 1.29 is 24.2 Å². The Bertz CT molecular complexity index is 274. The summed E-state index contributed by atoms with van der Waals surface area (Å²) in [6.07, 6.45) is 2.18. The van der Waals surface area contributed by atoms with Crippen LogP contribution in [0.25, 0.3) is 0 Å². The maximum Gasteiger partial charge on any atom is 0.408 e. The molecule has 0 saturated carbocycles. The van der Waals surface area contributed by atoms with Crippen LogP contribution in [0.4, 0.5) is 4.79 Å². The lowest BCUT2D eigenvalue weighted by molar-refractivity contribution is -0.139. The number of nitrogens with one attached hydrogen (secondary N) is 1. The Labute approximate surface area is 114 Å². The molecule has 112 valence electrons. The zero-order valence-corrected chi connectivity index (χ0v) is 12.2. The highest BCUT2D eigenvalue weighted by Gasteiger charge is 2.22. The van der Waals surface area contributed by atoms with Crippen LogP contribution >= 0.6 is 0 Å². The van der Waals surface area contributed by atoms with E-state index < -0.39 is 23.7 Å². The number of carbonyl (C=O) groups is 2. The van der Waals surface area contributed by atoms with Gasteiger partial charge in [-0.1, -0.05) is 6.92 Å². The Balaban J connectivity index is 0.000000532. The molecule has 0 aromatic heterocycles. The number of alkyl carbamates (subject to hydrolysis) is 1. The molecule has 6 heteroatoms. The molecule has 2 N–H and O–H groups in total. The molecule has 1 aliphatic rings. The van der Waals surface area contributed by atoms with Crippen molar-refractivity contribution >= 4 is 12.1 Å². The molecule has 1 rings (SSSR count). The number of hydrogen-bond donors (Lipinski definition) is 2. The SMILES string of the molecule is C1CCOC1.CC[C@H](NC(=O)OC(C)(C)C)C(=O)O. The van der Waals surface area contributed by atoms with E-state index in [9.17, 15) is 9.59 Å². The van der Waals surface area contributed by atoms with E-state index >= 15 is 0 Å². The van der Waals surface area contributed by atoms with Gasteiger partial charge < -0.3 is 19.9 Å². The van der Waals surface area contributed by atoms with E-state index in [0.29, 0.717) is 6.42 Å². The first-order chi connectivity index (χ1) is 8.76. The second-order valence-corrected chi connectivity index (χ2v) is 5.26. The number of hydrogen-bond acceptors (Lipinski definition) is 4. The van der Waals surface area contributed by atoms with Crippen LogP contribution < -0.4 is 5.32 Å². The van der Waals surface area contributed by atoms with Gasteiger partial charge in [-0.05, 0) is 40.0 Å². The molecule has 1 heterocycles. The summed E-state index contributed by atoms with van der Waals surface area (Å²) in [5.74, 6) is -1.06. The van der Waals surface area contributed by atoms with Gasteiger partial charge in [-0.3, -0.25) is 0 Å². The van der Waals surface area contributed by atoms with Gasteiger partial charge in [0, 0.05) is 13.2 Å². The fourth-order valence-electron chi connectivity index (χ4n) is 1.30. The van der Waals surface area contributed by atoms with Crippen LogP contribution in [0.2, 0.25) is 0 Å². The number of rotatable bonds is 3. The summed E-state index contributed by atoms with van der Waals surface area (Å²) < 4.78 is 9.85. The van der Waals surface area contributed by atoms with Crippen LogP contribution in [0.5, 0.6) is 0 Å². The number of aliphatic carboxylic acids is 1. The molecule has 1 aliphatic heterocycles. The fraction of sp³-hybridized carbons (Fsp3) is 0.846. The highest BCUT2D eigenvalue weighted by atomic mass is 16.6. The van der Waals surface area contributed by atoms with Crippen molar-refractivity contribution in [1.82, 2.24) is 5.32 Å². The van der Waals surface area contributed by atoms with Crippen molar-refractivity contribution in [3.8, 4) is 0 Å². The number of carboxylic acids is 1. The average molecular weight is 275 g/mol. The predicted octanol–water partition coefficient (Wildman–Crippen LogP) is 2.17. The van der Waals surface area contributed by atoms with E-state index in [1.807, 2.05) is 0 Å². The van der Waals surface area contributed by atoms with Crippen molar-refractivity contribution in [2.75, 3.05) is 13.2 Å². The number of carbonyl (C=O) groups excluding carboxylic acids is 1. The summed E-state index contributed by atoms with van der Waals surface area (Å²) >= 11 is 0. The minimum Gasteiger partial charge on any atom is -0.480 e. The maximum absolute atomic E-state index is 11.1. The minimum atomic E-state index is -1.06. The normalized spacial score (nSPS) is 16.0. The minimum absolute atomic E-state index is 0.328. The van der Waals surface area contributed by atoms with Crippen LogP contribution in [0, 0.1) is 0 Å². The average Bonchev–Trinajstić information content (AvgIpc) is 2.81. The van der Waals surface area contributed by atoms with Crippen LogP contribution in [0.1, 0.15) is 47.0 Å². The van der Waals surface area contributed by atoms with Crippen LogP contribution in [0.3, 0.4) is 0 Å². The molecule has 1 saturated heterocycles. The van der Waals surface area contributed by atoms with Gasteiger partial charge in [-0.25, -0.2) is 9.59 Å². The molecule has 1 amide bonds. The summed E-state index contributed by atoms with van der Waals surface area (Å²) in [7, 11) is 0. The third-order valence-corrected chi connectivity index (χ3v) is 2.22. The Morgan fingerprint density at radius 1 is 1.32 bits per heavy atom. The van der Waals surface area contributed by atoms with E-state index in [1.54, 1.807) is 27.7 Å². The number of ether oxygens (including phenoxy) is 2. The summed E-state index contributed by atoms with van der Waals surface area (Å²) in [6.45, 7) is 8.83. The summed E-state index contributed by atoms with van der Waals surface area (Å²) in [4.78, 5) is 21.7. The van der Waals surface area contributed by atoms with E-state index in [2.05, 4.69) is 5.32 Å². The van der Waals surface area contributed by atoms with Crippen molar-refractivity contribution in [1.29, 1.82) is 0 Å². The molecule has 6 nitrogen and oxygen atoms in total. The summed E-state index contributed by atoms with van der Waals surface area (Å²) in [6, 6.07) is -0.884. The third-order valence-electron chi connectivity index (χ3n) is 2.22. The molecule has 0 bridgehead atoms. The Kier molecular flexibility index (Phi) is 8.14. The lowest BCUT2D eigenvalue weighted by atomic mass is 10.2. The number of carboxylic acid groups (broad SMARTS) is 1. The van der Waals surface area contributed by atoms with Gasteiger partial charge in [0.25, 0.3) is 0 Å². The van der Waals surface area contributed by atoms with Gasteiger partial charge in [-0.2, -0.15) is 0 Å². The molecule has 0 aromatic rings. The van der Waals surface area contributed by atoms with E-state index in [1.165, 1.54) is 12.8 Å². The topological polar surface area (TPSA) is 84.9 Å². The predicted molar refractivity (Wildman–Crippen MR) is 71.1 cm³/mol. The summed E-state index contributed by atoms with van der Waals surface area (Å²) in [5.41, 5.74) is -0.610. The van der Waals surface area contributed by atoms with Gasteiger partial charge in [0.05, 0.1) is 0 Å². The van der Waals surface area contributed by atoms with Crippen LogP contribution in [0.15, 0.2) is 0 Å². The molecular formula is C13H25NO5. The second kappa shape index (κ2) is 8.74. The molecule has 0 unspecified atom stereocenters. The van der Waals surface area contributed by atoms with Gasteiger partial charge in [0.2, 0.25) is 0 Å². The number of amides is 1. The van der Waals surface area contributed by atoms with Crippen molar-refractivity contribution in [3.63, 3.8) is 0 Å². The fourth-order valence-corrected chi connectivity index (χ4v) is 1.30. The molecule has 0 aliphatic carbocycles. The van der Waals surface area contributed by atoms with Crippen molar-refractivity contribution in [2.45, 2.75) is 58.6 Å². The smallest absolute Gasteiger partial charge is 0.408 e. The first-order valence-corrected chi connectivity index (χ1v) is 6.56. The van der Waals surface area contributed by atoms with Gasteiger partial charge in [-0.15, -0.1) is 0 Å². The van der Waals surface area contributed by atoms with Crippen molar-refractivity contribution in [2.24, 2.45) is 0 Å². The molecule has 19 heavy (non-hydrogen) atoms. The second-order valence-electron chi connectivity index (χ2n) is 5.26. The van der Waals surface area contributed by atoms with Crippen molar-refractivity contribution in [3.05, 3.63) is 0 Å². The molecule has 1 atom stereocenters. The zero-order chi connectivity index (χ0) is 14.9. The van der Waals surface area contributed by atoms with Crippen LogP contribution in [-0.2, 0) is 14.3 Å². The summed E-state index contributed by atoms with van der Waals surface area (Å²) in [5, 5.41) is 10.9. The Hall–Kier alpha value is -1.30. The largest absolute Gasteiger partial charge is 0.480 e. The molecule has 0 radical (unpaired) electrons. The van der Waals surface area contributed by atoms with Gasteiger partial charge in [0.1, 0.15) is 11.6 Å². The maximum atomic E-state index is 11.1. The molecular weight excluding hydrogens is 250 g/mol. The first-order valence-electron chi connectivity index (χ1n) is 6.56. The van der Waals surface area contributed by atoms with E-state index in [-0.39, 0.29) is 0 Å². The lowest BCUT2D eigenvalue weighted by Crippen LogP contribution is -2.43. The lowest BCUT2D eigenvalue weighted by Gasteiger charge is -2.21. The Morgan fingerprint density at radius 2 is 1.84 bits per heavy atom. The molecule has 0 aromatic carbocycles. The highest BCUT2D eigenvalue weighted by molar-refractivity contribution is 5.79. The monoisotopic (exact) mass is 275 g/mol. The first kappa shape index (κ1) is 17.7. The quantitative estimate of drug-likeness (QED) is 0.824. The van der Waals surface area contributed by atoms with Gasteiger partial charge >= 0.3 is 12.1 Å². The van der Waals surface area contributed by atoms with Crippen LogP contribution in [-0.4, -0.2) is 42.0 Å². The highest BCUT2D eigenvalue weighted by Crippen LogP contribution is 2.07. The third kappa shape index (κ3) is 10.3. The molecule has 1 fully saturated rings. The van der Waals surface area contributed by atoms with E-state index in [4.69, 9.17) is 14.6 Å². The Morgan fingerprint density at radius 3 is 2.11 bits per heavy atom. The molecule has 0 spiro atoms. The van der Waals surface area contributed by atoms with Gasteiger partial charge in [0.15, 0.2) is 0 Å².